The highest BCUT2D eigenvalue weighted by molar-refractivity contribution is 7.90. The molecule has 0 unspecified atom stereocenters. The Balaban J connectivity index is 1.73. The fourth-order valence-corrected chi connectivity index (χ4v) is 4.28. The summed E-state index contributed by atoms with van der Waals surface area (Å²) < 4.78 is 30.0. The van der Waals surface area contributed by atoms with Gasteiger partial charge in [0.05, 0.1) is 32.9 Å². The molecule has 0 saturated carbocycles. The zero-order valence-corrected chi connectivity index (χ0v) is 17.6. The van der Waals surface area contributed by atoms with Gasteiger partial charge in [0.25, 0.3) is 21.8 Å². The molecule has 4 N–H and O–H groups in total. The second-order valence-electron chi connectivity index (χ2n) is 6.60. The monoisotopic (exact) mass is 443 g/mol. The average molecular weight is 444 g/mol. The van der Waals surface area contributed by atoms with Crippen LogP contribution in [0.1, 0.15) is 20.9 Å². The molecule has 0 aliphatic heterocycles. The van der Waals surface area contributed by atoms with E-state index in [-0.39, 0.29) is 11.4 Å². The second kappa shape index (κ2) is 7.52. The lowest BCUT2D eigenvalue weighted by molar-refractivity contribution is 0.102. The first kappa shape index (κ1) is 20.0. The van der Waals surface area contributed by atoms with Gasteiger partial charge in [0.2, 0.25) is 0 Å². The van der Waals surface area contributed by atoms with Gasteiger partial charge in [-0.15, -0.1) is 11.3 Å². The summed E-state index contributed by atoms with van der Waals surface area (Å²) in [4.78, 5) is 19.6. The minimum Gasteiger partial charge on any atom is -0.335 e. The molecule has 0 radical (unpaired) electrons. The Morgan fingerprint density at radius 1 is 1.13 bits per heavy atom. The van der Waals surface area contributed by atoms with Crippen molar-refractivity contribution < 1.29 is 17.7 Å². The minimum atomic E-state index is -3.93. The smallest absolute Gasteiger partial charge is 0.296 e. The van der Waals surface area contributed by atoms with E-state index in [1.165, 1.54) is 12.1 Å². The van der Waals surface area contributed by atoms with Gasteiger partial charge in [-0.25, -0.2) is 10.1 Å². The van der Waals surface area contributed by atoms with Gasteiger partial charge in [0.15, 0.2) is 0 Å². The Morgan fingerprint density at radius 3 is 2.60 bits per heavy atom. The lowest BCUT2D eigenvalue weighted by atomic mass is 10.1. The van der Waals surface area contributed by atoms with Crippen LogP contribution < -0.4 is 15.2 Å². The van der Waals surface area contributed by atoms with E-state index in [0.717, 1.165) is 9.75 Å². The molecule has 0 saturated heterocycles. The third-order valence-corrected chi connectivity index (χ3v) is 5.78. The molecule has 9 nitrogen and oxygen atoms in total. The van der Waals surface area contributed by atoms with Crippen LogP contribution >= 0.6 is 11.3 Å². The maximum Gasteiger partial charge on any atom is 0.296 e. The van der Waals surface area contributed by atoms with Crippen LogP contribution in [0.25, 0.3) is 21.7 Å². The number of fused-ring (bicyclic) bond motifs is 1. The zero-order valence-electron chi connectivity index (χ0n) is 16.0. The Hall–Kier alpha value is -3.28. The number of nitrogens with one attached hydrogen (secondary N) is 2. The van der Waals surface area contributed by atoms with Crippen LogP contribution in [0.5, 0.6) is 0 Å². The van der Waals surface area contributed by atoms with E-state index in [0.29, 0.717) is 28.0 Å². The number of hydrogen-bond acceptors (Lipinski definition) is 7. The van der Waals surface area contributed by atoms with Gasteiger partial charge in [0, 0.05) is 10.6 Å². The summed E-state index contributed by atoms with van der Waals surface area (Å²) in [7, 11) is -3.93. The fourth-order valence-electron chi connectivity index (χ4n) is 3.00. The van der Waals surface area contributed by atoms with E-state index in [4.69, 9.17) is 9.66 Å². The molecule has 4 aromatic rings. The number of amides is 1. The molecule has 4 rings (SSSR count). The molecular weight excluding hydrogens is 426 g/mol. The van der Waals surface area contributed by atoms with Crippen molar-refractivity contribution >= 4 is 49.9 Å². The topological polar surface area (TPSA) is 140 Å². The number of nitrogens with two attached hydrogens (primary N) is 1. The number of benzene rings is 1. The SMILES string of the molecule is Cc1ccc(-c2cc(C(=O)Nc3cccc(NS(N)(=O)=O)c3)c3c(C)noc3n2)s1. The first-order chi connectivity index (χ1) is 14.2. The number of carbonyl (C=O) groups excluding carboxylic acids is 1. The van der Waals surface area contributed by atoms with E-state index in [1.807, 2.05) is 19.1 Å². The molecule has 3 heterocycles. The van der Waals surface area contributed by atoms with Crippen molar-refractivity contribution in [2.75, 3.05) is 10.0 Å². The molecular formula is C19H17N5O4S2. The number of thiophene rings is 1. The summed E-state index contributed by atoms with van der Waals surface area (Å²) in [5.41, 5.74) is 2.38. The van der Waals surface area contributed by atoms with Gasteiger partial charge in [-0.3, -0.25) is 9.52 Å². The van der Waals surface area contributed by atoms with E-state index in [1.54, 1.807) is 36.5 Å². The zero-order chi connectivity index (χ0) is 21.5. The van der Waals surface area contributed by atoms with Gasteiger partial charge in [0.1, 0.15) is 0 Å². The summed E-state index contributed by atoms with van der Waals surface area (Å²) >= 11 is 1.55. The molecule has 0 bridgehead atoms. The molecule has 30 heavy (non-hydrogen) atoms. The number of pyridine rings is 1. The van der Waals surface area contributed by atoms with Crippen molar-refractivity contribution in [1.82, 2.24) is 10.1 Å². The van der Waals surface area contributed by atoms with Crippen LogP contribution in [-0.4, -0.2) is 24.5 Å². The van der Waals surface area contributed by atoms with Gasteiger partial charge in [-0.05, 0) is 50.2 Å². The van der Waals surface area contributed by atoms with Crippen LogP contribution in [0.4, 0.5) is 11.4 Å². The Labute approximate surface area is 176 Å². The Morgan fingerprint density at radius 2 is 1.90 bits per heavy atom. The van der Waals surface area contributed by atoms with Crippen molar-refractivity contribution in [3.05, 3.63) is 58.6 Å². The lowest BCUT2D eigenvalue weighted by Gasteiger charge is -2.09. The standard InChI is InChI=1S/C19H17N5O4S2/c1-10-6-7-16(29-10)15-9-14(17-11(2)23-28-19(17)22-15)18(25)21-12-4-3-5-13(8-12)24-30(20,26)27/h3-9,24H,1-2H3,(H,21,25)(H2,20,26,27). The highest BCUT2D eigenvalue weighted by atomic mass is 32.2. The number of carbonyl (C=O) groups is 1. The first-order valence-corrected chi connectivity index (χ1v) is 11.1. The summed E-state index contributed by atoms with van der Waals surface area (Å²) in [6.45, 7) is 3.72. The van der Waals surface area contributed by atoms with Crippen molar-refractivity contribution in [2.24, 2.45) is 5.14 Å². The fraction of sp³-hybridized carbons (Fsp3) is 0.105. The van der Waals surface area contributed by atoms with Crippen molar-refractivity contribution in [2.45, 2.75) is 13.8 Å². The Kier molecular flexibility index (Phi) is 5.02. The largest absolute Gasteiger partial charge is 0.335 e. The molecule has 0 spiro atoms. The highest BCUT2D eigenvalue weighted by Crippen LogP contribution is 2.31. The van der Waals surface area contributed by atoms with Gasteiger partial charge < -0.3 is 9.84 Å². The van der Waals surface area contributed by atoms with E-state index >= 15 is 0 Å². The van der Waals surface area contributed by atoms with Gasteiger partial charge in [-0.2, -0.15) is 8.42 Å². The molecule has 154 valence electrons. The van der Waals surface area contributed by atoms with Crippen LogP contribution in [-0.2, 0) is 10.2 Å². The number of rotatable bonds is 5. The van der Waals surface area contributed by atoms with Crippen molar-refractivity contribution in [3.8, 4) is 10.6 Å². The molecule has 0 aliphatic carbocycles. The molecule has 3 aromatic heterocycles. The van der Waals surface area contributed by atoms with Crippen molar-refractivity contribution in [1.29, 1.82) is 0 Å². The second-order valence-corrected chi connectivity index (χ2v) is 9.18. The molecule has 0 aliphatic rings. The average Bonchev–Trinajstić information content (AvgIpc) is 3.26. The molecule has 1 amide bonds. The molecule has 11 heteroatoms. The first-order valence-electron chi connectivity index (χ1n) is 8.75. The third-order valence-electron chi connectivity index (χ3n) is 4.24. The predicted octanol–water partition coefficient (Wildman–Crippen LogP) is 3.44. The quantitative estimate of drug-likeness (QED) is 0.432. The number of aromatic nitrogens is 2. The summed E-state index contributed by atoms with van der Waals surface area (Å²) in [6.07, 6.45) is 0. The maximum atomic E-state index is 13.1. The van der Waals surface area contributed by atoms with E-state index in [2.05, 4.69) is 20.2 Å². The minimum absolute atomic E-state index is 0.228. The Bertz CT molecular complexity index is 1370. The van der Waals surface area contributed by atoms with Gasteiger partial charge >= 0.3 is 0 Å². The van der Waals surface area contributed by atoms with Gasteiger partial charge in [-0.1, -0.05) is 11.2 Å². The third kappa shape index (κ3) is 4.17. The van der Waals surface area contributed by atoms with Crippen LogP contribution in [0, 0.1) is 13.8 Å². The van der Waals surface area contributed by atoms with Crippen molar-refractivity contribution in [3.63, 3.8) is 0 Å². The number of anilines is 2. The number of aryl methyl sites for hydroxylation is 2. The molecule has 0 atom stereocenters. The molecule has 0 fully saturated rings. The van der Waals surface area contributed by atoms with Crippen LogP contribution in [0.15, 0.2) is 47.0 Å². The number of hydrogen-bond donors (Lipinski definition) is 3. The highest BCUT2D eigenvalue weighted by Gasteiger charge is 2.20. The maximum absolute atomic E-state index is 13.1. The normalized spacial score (nSPS) is 11.6. The van der Waals surface area contributed by atoms with E-state index in [9.17, 15) is 13.2 Å². The van der Waals surface area contributed by atoms with Crippen LogP contribution in [0.3, 0.4) is 0 Å². The summed E-state index contributed by atoms with van der Waals surface area (Å²) in [5.74, 6) is -0.406. The predicted molar refractivity (Wildman–Crippen MR) is 116 cm³/mol. The summed E-state index contributed by atoms with van der Waals surface area (Å²) in [5, 5.41) is 12.2. The molecule has 1 aromatic carbocycles. The van der Waals surface area contributed by atoms with E-state index < -0.39 is 16.1 Å². The summed E-state index contributed by atoms with van der Waals surface area (Å²) in [6, 6.07) is 11.8. The van der Waals surface area contributed by atoms with Crippen LogP contribution in [0.2, 0.25) is 0 Å². The number of nitrogens with zero attached hydrogens (tertiary/aromatic N) is 2. The lowest BCUT2D eigenvalue weighted by Crippen LogP contribution is -2.21.